The molecule has 154 valence electrons. The Balaban J connectivity index is 2.41. The van der Waals surface area contributed by atoms with Gasteiger partial charge in [0.15, 0.2) is 0 Å². The average Bonchev–Trinajstić information content (AvgIpc) is 2.97. The molecule has 3 aromatic rings. The van der Waals surface area contributed by atoms with Gasteiger partial charge in [-0.15, -0.1) is 0 Å². The molecule has 0 aliphatic heterocycles. The molecule has 0 N–H and O–H groups in total. The van der Waals surface area contributed by atoms with Crippen molar-refractivity contribution in [2.75, 3.05) is 20.8 Å². The van der Waals surface area contributed by atoms with Crippen LogP contribution in [0.3, 0.4) is 0 Å². The zero-order valence-electron chi connectivity index (χ0n) is 17.0. The van der Waals surface area contributed by atoms with Crippen LogP contribution in [0.15, 0.2) is 46.2 Å². The third kappa shape index (κ3) is 3.33. The summed E-state index contributed by atoms with van der Waals surface area (Å²) in [5.41, 5.74) is 1.42. The maximum atomic E-state index is 13.6. The summed E-state index contributed by atoms with van der Waals surface area (Å²) < 4.78 is 44.7. The lowest BCUT2D eigenvalue weighted by atomic mass is 10.1. The lowest BCUT2D eigenvalue weighted by Crippen LogP contribution is -2.10. The molecule has 0 amide bonds. The number of sulfone groups is 1. The summed E-state index contributed by atoms with van der Waals surface area (Å²) in [5, 5.41) is 0.290. The number of hydrogen-bond donors (Lipinski definition) is 0. The van der Waals surface area contributed by atoms with Gasteiger partial charge in [-0.3, -0.25) is 0 Å². The fraction of sp³-hybridized carbons (Fsp3) is 0.286. The largest absolute Gasteiger partial charge is 0.497 e. The number of carbonyl (C=O) groups is 1. The maximum Gasteiger partial charge on any atom is 0.340 e. The molecule has 7 nitrogen and oxygen atoms in total. The van der Waals surface area contributed by atoms with Crippen LogP contribution in [0.2, 0.25) is 0 Å². The third-order valence-corrected chi connectivity index (χ3v) is 6.75. The summed E-state index contributed by atoms with van der Waals surface area (Å²) in [5.74, 6) is 0.122. The molecule has 0 bridgehead atoms. The molecule has 0 aliphatic carbocycles. The molecule has 0 atom stereocenters. The fourth-order valence-electron chi connectivity index (χ4n) is 3.36. The molecule has 0 saturated carbocycles. The summed E-state index contributed by atoms with van der Waals surface area (Å²) >= 11 is 0. The van der Waals surface area contributed by atoms with E-state index in [0.717, 1.165) is 0 Å². The molecule has 0 aliphatic rings. The summed E-state index contributed by atoms with van der Waals surface area (Å²) in [6.07, 6.45) is 0. The smallest absolute Gasteiger partial charge is 0.340 e. The molecule has 1 heterocycles. The van der Waals surface area contributed by atoms with Crippen LogP contribution in [-0.4, -0.2) is 39.8 Å². The van der Waals surface area contributed by atoms with E-state index < -0.39 is 15.8 Å². The second-order valence-corrected chi connectivity index (χ2v) is 8.30. The van der Waals surface area contributed by atoms with Crippen LogP contribution in [0.1, 0.15) is 23.0 Å². The van der Waals surface area contributed by atoms with Crippen LogP contribution in [0.25, 0.3) is 10.9 Å². The minimum absolute atomic E-state index is 0.0607. The Morgan fingerprint density at radius 3 is 2.24 bits per heavy atom. The first kappa shape index (κ1) is 20.7. The highest BCUT2D eigenvalue weighted by Gasteiger charge is 2.31. The topological polar surface area (TPSA) is 83.8 Å². The lowest BCUT2D eigenvalue weighted by Gasteiger charge is -2.13. The molecule has 0 spiro atoms. The van der Waals surface area contributed by atoms with Crippen LogP contribution in [0, 0.1) is 6.92 Å². The molecule has 2 aromatic carbocycles. The molecule has 0 fully saturated rings. The minimum Gasteiger partial charge on any atom is -0.497 e. The highest BCUT2D eigenvalue weighted by molar-refractivity contribution is 7.91. The second-order valence-electron chi connectivity index (χ2n) is 6.41. The first-order chi connectivity index (χ1) is 13.8. The van der Waals surface area contributed by atoms with Crippen LogP contribution in [-0.2, 0) is 21.6 Å². The minimum atomic E-state index is -4.01. The van der Waals surface area contributed by atoms with Crippen LogP contribution in [0.5, 0.6) is 11.5 Å². The predicted molar refractivity (Wildman–Crippen MR) is 109 cm³/mol. The van der Waals surface area contributed by atoms with Crippen molar-refractivity contribution < 1.29 is 27.4 Å². The van der Waals surface area contributed by atoms with Crippen molar-refractivity contribution >= 4 is 26.7 Å². The van der Waals surface area contributed by atoms with Crippen molar-refractivity contribution in [1.82, 2.24) is 4.57 Å². The van der Waals surface area contributed by atoms with Gasteiger partial charge >= 0.3 is 5.97 Å². The number of hydrogen-bond acceptors (Lipinski definition) is 6. The van der Waals surface area contributed by atoms with E-state index >= 15 is 0 Å². The summed E-state index contributed by atoms with van der Waals surface area (Å²) in [7, 11) is 0.668. The van der Waals surface area contributed by atoms with Crippen molar-refractivity contribution in [3.05, 3.63) is 47.7 Å². The Morgan fingerprint density at radius 2 is 1.69 bits per heavy atom. The van der Waals surface area contributed by atoms with Gasteiger partial charge in [0.05, 0.1) is 36.8 Å². The Kier molecular flexibility index (Phi) is 5.57. The molecular weight excluding hydrogens is 394 g/mol. The van der Waals surface area contributed by atoms with Crippen LogP contribution < -0.4 is 9.47 Å². The van der Waals surface area contributed by atoms with Crippen molar-refractivity contribution in [3.63, 3.8) is 0 Å². The zero-order valence-corrected chi connectivity index (χ0v) is 17.8. The fourth-order valence-corrected chi connectivity index (χ4v) is 4.98. The summed E-state index contributed by atoms with van der Waals surface area (Å²) in [6.45, 7) is 3.63. The van der Waals surface area contributed by atoms with Gasteiger partial charge in [0.1, 0.15) is 16.4 Å². The molecule has 0 radical (unpaired) electrons. The Hall–Kier alpha value is -3.00. The highest BCUT2D eigenvalue weighted by Crippen LogP contribution is 2.40. The van der Waals surface area contributed by atoms with Gasteiger partial charge in [-0.25, -0.2) is 13.2 Å². The maximum absolute atomic E-state index is 13.6. The molecule has 0 saturated heterocycles. The monoisotopic (exact) mass is 417 g/mol. The number of fused-ring (bicyclic) bond motifs is 1. The number of aromatic nitrogens is 1. The number of ether oxygens (including phenoxy) is 3. The number of carbonyl (C=O) groups excluding carboxylic acids is 1. The van der Waals surface area contributed by atoms with Gasteiger partial charge in [0.25, 0.3) is 0 Å². The van der Waals surface area contributed by atoms with E-state index in [1.54, 1.807) is 49.7 Å². The van der Waals surface area contributed by atoms with Crippen LogP contribution in [0.4, 0.5) is 0 Å². The van der Waals surface area contributed by atoms with Crippen molar-refractivity contribution in [1.29, 1.82) is 0 Å². The number of methoxy groups -OCH3 is 2. The number of benzene rings is 2. The van der Waals surface area contributed by atoms with E-state index in [2.05, 4.69) is 0 Å². The number of rotatable bonds is 6. The highest BCUT2D eigenvalue weighted by atomic mass is 32.2. The van der Waals surface area contributed by atoms with Crippen LogP contribution >= 0.6 is 0 Å². The Labute approximate surface area is 169 Å². The van der Waals surface area contributed by atoms with Gasteiger partial charge in [0.2, 0.25) is 9.84 Å². The van der Waals surface area contributed by atoms with Gasteiger partial charge in [0, 0.05) is 18.1 Å². The number of nitrogens with zero attached hydrogens (tertiary/aromatic N) is 1. The SMILES string of the molecule is CCOC(=O)c1c(C)n(C)c2ccc(OC)c(S(=O)(=O)c3ccc(OC)cc3)c12. The molecule has 8 heteroatoms. The second kappa shape index (κ2) is 7.79. The number of aryl methyl sites for hydroxylation is 1. The molecule has 0 unspecified atom stereocenters. The van der Waals surface area contributed by atoms with Gasteiger partial charge in [-0.1, -0.05) is 0 Å². The van der Waals surface area contributed by atoms with Gasteiger partial charge in [-0.05, 0) is 50.2 Å². The molecule has 1 aromatic heterocycles. The summed E-state index contributed by atoms with van der Waals surface area (Å²) in [4.78, 5) is 12.7. The van der Waals surface area contributed by atoms with Crippen molar-refractivity contribution in [2.45, 2.75) is 23.6 Å². The summed E-state index contributed by atoms with van der Waals surface area (Å²) in [6, 6.07) is 9.40. The van der Waals surface area contributed by atoms with Gasteiger partial charge in [-0.2, -0.15) is 0 Å². The Bertz CT molecular complexity index is 1180. The quantitative estimate of drug-likeness (QED) is 0.571. The standard InChI is InChI=1S/C21H23NO6S/c1-6-28-21(23)18-13(2)22(3)16-11-12-17(27-5)20(19(16)18)29(24,25)15-9-7-14(26-4)8-10-15/h7-12H,6H2,1-5H3. The van der Waals surface area contributed by atoms with E-state index in [9.17, 15) is 13.2 Å². The molecular formula is C21H23NO6S. The first-order valence-electron chi connectivity index (χ1n) is 9.00. The van der Waals surface area contributed by atoms with Crippen molar-refractivity contribution in [3.8, 4) is 11.5 Å². The molecule has 29 heavy (non-hydrogen) atoms. The van der Waals surface area contributed by atoms with Gasteiger partial charge < -0.3 is 18.8 Å². The number of esters is 1. The zero-order chi connectivity index (χ0) is 21.3. The Morgan fingerprint density at radius 1 is 1.03 bits per heavy atom. The molecule has 3 rings (SSSR count). The normalized spacial score (nSPS) is 11.5. The van der Waals surface area contributed by atoms with E-state index in [4.69, 9.17) is 14.2 Å². The van der Waals surface area contributed by atoms with E-state index in [0.29, 0.717) is 22.3 Å². The average molecular weight is 417 g/mol. The van der Waals surface area contributed by atoms with Crippen molar-refractivity contribution in [2.24, 2.45) is 7.05 Å². The van der Waals surface area contributed by atoms with E-state index in [1.807, 2.05) is 0 Å². The van der Waals surface area contributed by atoms with E-state index in [-0.39, 0.29) is 27.7 Å². The van der Waals surface area contributed by atoms with E-state index in [1.165, 1.54) is 26.4 Å². The third-order valence-electron chi connectivity index (χ3n) is 4.91. The predicted octanol–water partition coefficient (Wildman–Crippen LogP) is 3.51. The first-order valence-corrected chi connectivity index (χ1v) is 10.5. The lowest BCUT2D eigenvalue weighted by molar-refractivity contribution is 0.0527.